The van der Waals surface area contributed by atoms with E-state index in [0.717, 1.165) is 28.1 Å². The molecule has 1 saturated carbocycles. The smallest absolute Gasteiger partial charge is 0.223 e. The van der Waals surface area contributed by atoms with Crippen molar-refractivity contribution in [1.29, 1.82) is 0 Å². The third-order valence-electron chi connectivity index (χ3n) is 5.28. The Morgan fingerprint density at radius 2 is 2.16 bits per heavy atom. The molecule has 3 aromatic rings. The number of hydrogen-bond donors (Lipinski definition) is 2. The Bertz CT molecular complexity index is 873. The number of para-hydroxylation sites is 1. The van der Waals surface area contributed by atoms with Gasteiger partial charge in [-0.1, -0.05) is 56.0 Å². The number of hydrogen-bond acceptors (Lipinski definition) is 3. The summed E-state index contributed by atoms with van der Waals surface area (Å²) in [5, 5.41) is 5.23. The van der Waals surface area contributed by atoms with E-state index in [1.807, 2.05) is 18.3 Å². The molecule has 0 spiro atoms. The van der Waals surface area contributed by atoms with Crippen LogP contribution in [0.25, 0.3) is 22.2 Å². The van der Waals surface area contributed by atoms with Crippen molar-refractivity contribution < 1.29 is 0 Å². The molecule has 5 heteroatoms. The lowest BCUT2D eigenvalue weighted by Crippen LogP contribution is -2.28. The SMILES string of the molecule is CC[C@@H]1CCC[C@H](Nc2ncc(Cl)c(-c3c[nH]c4ccccc34)n2)C1. The number of anilines is 1. The Labute approximate surface area is 153 Å². The Morgan fingerprint density at radius 3 is 3.04 bits per heavy atom. The second kappa shape index (κ2) is 7.04. The van der Waals surface area contributed by atoms with Crippen LogP contribution in [0.5, 0.6) is 0 Å². The molecule has 1 aromatic carbocycles. The van der Waals surface area contributed by atoms with Crippen LogP contribution in [-0.2, 0) is 0 Å². The highest BCUT2D eigenvalue weighted by Crippen LogP contribution is 2.33. The van der Waals surface area contributed by atoms with Gasteiger partial charge in [-0.25, -0.2) is 9.97 Å². The first-order chi connectivity index (χ1) is 12.2. The van der Waals surface area contributed by atoms with Gasteiger partial charge in [0.05, 0.1) is 16.9 Å². The van der Waals surface area contributed by atoms with Crippen LogP contribution in [0, 0.1) is 5.92 Å². The lowest BCUT2D eigenvalue weighted by Gasteiger charge is -2.29. The van der Waals surface area contributed by atoms with Crippen LogP contribution >= 0.6 is 11.6 Å². The van der Waals surface area contributed by atoms with Gasteiger partial charge in [-0.05, 0) is 24.8 Å². The number of fused-ring (bicyclic) bond motifs is 1. The molecule has 0 unspecified atom stereocenters. The van der Waals surface area contributed by atoms with E-state index >= 15 is 0 Å². The third-order valence-corrected chi connectivity index (χ3v) is 5.56. The zero-order valence-electron chi connectivity index (χ0n) is 14.4. The van der Waals surface area contributed by atoms with Gasteiger partial charge >= 0.3 is 0 Å². The average Bonchev–Trinajstić information content (AvgIpc) is 3.07. The minimum absolute atomic E-state index is 0.454. The molecule has 2 heterocycles. The third kappa shape index (κ3) is 3.36. The average molecular weight is 355 g/mol. The summed E-state index contributed by atoms with van der Waals surface area (Å²) in [6.45, 7) is 2.28. The fraction of sp³-hybridized carbons (Fsp3) is 0.400. The van der Waals surface area contributed by atoms with Crippen LogP contribution in [0.1, 0.15) is 39.0 Å². The normalized spacial score (nSPS) is 20.7. The maximum absolute atomic E-state index is 6.41. The fourth-order valence-corrected chi connectivity index (χ4v) is 4.06. The van der Waals surface area contributed by atoms with Crippen LogP contribution < -0.4 is 5.32 Å². The van der Waals surface area contributed by atoms with E-state index < -0.39 is 0 Å². The molecule has 4 rings (SSSR count). The van der Waals surface area contributed by atoms with E-state index in [9.17, 15) is 0 Å². The summed E-state index contributed by atoms with van der Waals surface area (Å²) in [7, 11) is 0. The van der Waals surface area contributed by atoms with Gasteiger partial charge in [0, 0.05) is 28.7 Å². The van der Waals surface area contributed by atoms with E-state index in [-0.39, 0.29) is 0 Å². The van der Waals surface area contributed by atoms with E-state index in [1.165, 1.54) is 32.1 Å². The second-order valence-electron chi connectivity index (χ2n) is 6.92. The van der Waals surface area contributed by atoms with Crippen molar-refractivity contribution in [3.05, 3.63) is 41.7 Å². The number of benzene rings is 1. The quantitative estimate of drug-likeness (QED) is 0.635. The summed E-state index contributed by atoms with van der Waals surface area (Å²) in [6, 6.07) is 8.64. The predicted molar refractivity (Wildman–Crippen MR) is 104 cm³/mol. The van der Waals surface area contributed by atoms with Crippen molar-refractivity contribution in [3.63, 3.8) is 0 Å². The van der Waals surface area contributed by atoms with Crippen molar-refractivity contribution in [2.75, 3.05) is 5.32 Å². The van der Waals surface area contributed by atoms with E-state index in [1.54, 1.807) is 6.20 Å². The highest BCUT2D eigenvalue weighted by molar-refractivity contribution is 6.33. The monoisotopic (exact) mass is 354 g/mol. The van der Waals surface area contributed by atoms with Crippen molar-refractivity contribution in [1.82, 2.24) is 15.0 Å². The fourth-order valence-electron chi connectivity index (χ4n) is 3.87. The Kier molecular flexibility index (Phi) is 4.62. The van der Waals surface area contributed by atoms with Crippen molar-refractivity contribution in [2.24, 2.45) is 5.92 Å². The molecule has 1 aliphatic rings. The highest BCUT2D eigenvalue weighted by atomic mass is 35.5. The summed E-state index contributed by atoms with van der Waals surface area (Å²) in [6.07, 6.45) is 9.93. The topological polar surface area (TPSA) is 53.6 Å². The zero-order valence-corrected chi connectivity index (χ0v) is 15.2. The summed E-state index contributed by atoms with van der Waals surface area (Å²) < 4.78 is 0. The van der Waals surface area contributed by atoms with E-state index in [0.29, 0.717) is 17.0 Å². The summed E-state index contributed by atoms with van der Waals surface area (Å²) in [4.78, 5) is 12.4. The molecule has 2 N–H and O–H groups in total. The lowest BCUT2D eigenvalue weighted by atomic mass is 9.84. The van der Waals surface area contributed by atoms with Crippen molar-refractivity contribution >= 4 is 28.5 Å². The number of rotatable bonds is 4. The van der Waals surface area contributed by atoms with Gasteiger partial charge in [0.15, 0.2) is 0 Å². The van der Waals surface area contributed by atoms with E-state index in [2.05, 4.69) is 34.3 Å². The number of H-pyrrole nitrogens is 1. The minimum atomic E-state index is 0.454. The molecular formula is C20H23ClN4. The first kappa shape index (κ1) is 16.4. The molecule has 0 amide bonds. The Balaban J connectivity index is 1.63. The van der Waals surface area contributed by atoms with E-state index in [4.69, 9.17) is 16.6 Å². The van der Waals surface area contributed by atoms with Gasteiger partial charge in [0.1, 0.15) is 0 Å². The standard InChI is InChI=1S/C20H23ClN4/c1-2-13-6-5-7-14(10-13)24-20-23-12-17(21)19(25-20)16-11-22-18-9-4-3-8-15(16)18/h3-4,8-9,11-14,22H,2,5-7,10H2,1H3,(H,23,24,25)/t13-,14+/m1/s1. The van der Waals surface area contributed by atoms with Crippen molar-refractivity contribution in [3.8, 4) is 11.3 Å². The van der Waals surface area contributed by atoms with Crippen LogP contribution in [0.4, 0.5) is 5.95 Å². The molecule has 2 aromatic heterocycles. The van der Waals surface area contributed by atoms with Crippen molar-refractivity contribution in [2.45, 2.75) is 45.1 Å². The van der Waals surface area contributed by atoms with Gasteiger partial charge in [0.2, 0.25) is 5.95 Å². The number of nitrogens with zero attached hydrogens (tertiary/aromatic N) is 2. The molecular weight excluding hydrogens is 332 g/mol. The second-order valence-corrected chi connectivity index (χ2v) is 7.33. The van der Waals surface area contributed by atoms with Gasteiger partial charge < -0.3 is 10.3 Å². The number of halogens is 1. The number of nitrogens with one attached hydrogen (secondary N) is 2. The maximum atomic E-state index is 6.41. The largest absolute Gasteiger partial charge is 0.360 e. The van der Waals surface area contributed by atoms with Gasteiger partial charge in [-0.2, -0.15) is 0 Å². The maximum Gasteiger partial charge on any atom is 0.223 e. The highest BCUT2D eigenvalue weighted by Gasteiger charge is 2.22. The first-order valence-corrected chi connectivity index (χ1v) is 9.48. The van der Waals surface area contributed by atoms with Crippen LogP contribution in [-0.4, -0.2) is 21.0 Å². The molecule has 1 aliphatic carbocycles. The zero-order chi connectivity index (χ0) is 17.2. The number of aromatic amines is 1. The first-order valence-electron chi connectivity index (χ1n) is 9.10. The van der Waals surface area contributed by atoms with Crippen LogP contribution in [0.15, 0.2) is 36.7 Å². The van der Waals surface area contributed by atoms with Crippen LogP contribution in [0.3, 0.4) is 0 Å². The molecule has 0 aliphatic heterocycles. The molecule has 25 heavy (non-hydrogen) atoms. The van der Waals surface area contributed by atoms with Gasteiger partial charge in [-0.3, -0.25) is 0 Å². The lowest BCUT2D eigenvalue weighted by molar-refractivity contribution is 0.326. The van der Waals surface area contributed by atoms with Gasteiger partial charge in [-0.15, -0.1) is 0 Å². The molecule has 0 saturated heterocycles. The minimum Gasteiger partial charge on any atom is -0.360 e. The molecule has 1 fully saturated rings. The molecule has 0 bridgehead atoms. The molecule has 130 valence electrons. The molecule has 2 atom stereocenters. The Morgan fingerprint density at radius 1 is 1.28 bits per heavy atom. The number of aromatic nitrogens is 3. The summed E-state index contributed by atoms with van der Waals surface area (Å²) in [5.41, 5.74) is 2.88. The molecule has 4 nitrogen and oxygen atoms in total. The summed E-state index contributed by atoms with van der Waals surface area (Å²) in [5.74, 6) is 1.48. The van der Waals surface area contributed by atoms with Crippen LogP contribution in [0.2, 0.25) is 5.02 Å². The Hall–Kier alpha value is -2.07. The van der Waals surface area contributed by atoms with Gasteiger partial charge in [0.25, 0.3) is 0 Å². The molecule has 0 radical (unpaired) electrons. The predicted octanol–water partition coefficient (Wildman–Crippen LogP) is 5.66. The summed E-state index contributed by atoms with van der Waals surface area (Å²) >= 11 is 6.41.